The molecule has 0 bridgehead atoms. The number of rotatable bonds is 6. The molecule has 1 aromatic heterocycles. The molecule has 0 saturated heterocycles. The highest BCUT2D eigenvalue weighted by Crippen LogP contribution is 2.31. The zero-order valence-corrected chi connectivity index (χ0v) is 14.7. The molecule has 1 saturated carbocycles. The van der Waals surface area contributed by atoms with Crippen LogP contribution in [0.3, 0.4) is 0 Å². The highest BCUT2D eigenvalue weighted by Gasteiger charge is 2.30. The van der Waals surface area contributed by atoms with Crippen LogP contribution in [0.1, 0.15) is 42.9 Å². The molecule has 0 atom stereocenters. The number of aromatic nitrogens is 4. The second-order valence-corrected chi connectivity index (χ2v) is 7.05. The maximum Gasteiger partial charge on any atom is 0.416 e. The Labute approximate surface area is 152 Å². The Kier molecular flexibility index (Phi) is 5.80. The van der Waals surface area contributed by atoms with Crippen molar-refractivity contribution in [1.29, 1.82) is 0 Å². The number of alkyl halides is 3. The molecule has 0 unspecified atom stereocenters. The number of carbonyl (C=O) groups is 1. The van der Waals surface area contributed by atoms with Gasteiger partial charge in [0.15, 0.2) is 0 Å². The van der Waals surface area contributed by atoms with Crippen LogP contribution in [0.4, 0.5) is 13.2 Å². The molecule has 1 aliphatic rings. The van der Waals surface area contributed by atoms with Crippen molar-refractivity contribution in [3.05, 3.63) is 35.4 Å². The summed E-state index contributed by atoms with van der Waals surface area (Å²) in [7, 11) is 0. The monoisotopic (exact) mass is 385 g/mol. The predicted molar refractivity (Wildman–Crippen MR) is 89.3 cm³/mol. The van der Waals surface area contributed by atoms with Gasteiger partial charge >= 0.3 is 6.18 Å². The van der Waals surface area contributed by atoms with Gasteiger partial charge in [-0.15, -0.1) is 5.10 Å². The normalized spacial score (nSPS) is 15.3. The van der Waals surface area contributed by atoms with Gasteiger partial charge in [-0.1, -0.05) is 36.7 Å². The lowest BCUT2D eigenvalue weighted by Gasteiger charge is -2.11. The number of carbonyl (C=O) groups excluding carboxylic acids is 1. The lowest BCUT2D eigenvalue weighted by atomic mass is 10.1. The van der Waals surface area contributed by atoms with Crippen molar-refractivity contribution < 1.29 is 18.0 Å². The Bertz CT molecular complexity index is 758. The molecule has 1 aromatic carbocycles. The number of amides is 1. The molecular weight excluding hydrogens is 367 g/mol. The highest BCUT2D eigenvalue weighted by atomic mass is 32.2. The summed E-state index contributed by atoms with van der Waals surface area (Å²) in [6.07, 6.45) is -0.0495. The van der Waals surface area contributed by atoms with E-state index in [4.69, 9.17) is 0 Å². The van der Waals surface area contributed by atoms with Crippen LogP contribution in [0.25, 0.3) is 0 Å². The minimum atomic E-state index is -4.40. The van der Waals surface area contributed by atoms with Gasteiger partial charge < -0.3 is 5.32 Å². The van der Waals surface area contributed by atoms with Crippen LogP contribution in [0, 0.1) is 0 Å². The molecule has 1 N–H and O–H groups in total. The molecule has 3 rings (SSSR count). The number of thioether (sulfide) groups is 1. The second kappa shape index (κ2) is 8.07. The molecule has 1 amide bonds. The molecule has 0 spiro atoms. The first-order valence-corrected chi connectivity index (χ1v) is 9.25. The van der Waals surface area contributed by atoms with Crippen molar-refractivity contribution in [3.8, 4) is 0 Å². The quantitative estimate of drug-likeness (QED) is 0.773. The minimum Gasteiger partial charge on any atom is -0.351 e. The van der Waals surface area contributed by atoms with E-state index in [1.165, 1.54) is 17.8 Å². The summed E-state index contributed by atoms with van der Waals surface area (Å²) in [5.74, 6) is -0.181. The Morgan fingerprint density at radius 3 is 2.81 bits per heavy atom. The van der Waals surface area contributed by atoms with Crippen molar-refractivity contribution in [2.75, 3.05) is 5.75 Å². The fourth-order valence-corrected chi connectivity index (χ4v) is 3.67. The molecule has 140 valence electrons. The first kappa shape index (κ1) is 18.7. The molecule has 2 aromatic rings. The van der Waals surface area contributed by atoms with E-state index in [1.807, 2.05) is 0 Å². The van der Waals surface area contributed by atoms with Gasteiger partial charge in [0.2, 0.25) is 11.1 Å². The number of halogens is 3. The van der Waals surface area contributed by atoms with Crippen molar-refractivity contribution in [1.82, 2.24) is 25.5 Å². The third kappa shape index (κ3) is 4.75. The maximum atomic E-state index is 12.7. The van der Waals surface area contributed by atoms with Gasteiger partial charge in [0.25, 0.3) is 0 Å². The van der Waals surface area contributed by atoms with Crippen molar-refractivity contribution in [3.63, 3.8) is 0 Å². The molecule has 10 heteroatoms. The predicted octanol–water partition coefficient (Wildman–Crippen LogP) is 3.22. The number of benzene rings is 1. The van der Waals surface area contributed by atoms with E-state index in [2.05, 4.69) is 20.8 Å². The fourth-order valence-electron chi connectivity index (χ4n) is 2.90. The zero-order valence-electron chi connectivity index (χ0n) is 13.9. The summed E-state index contributed by atoms with van der Waals surface area (Å²) < 4.78 is 39.9. The summed E-state index contributed by atoms with van der Waals surface area (Å²) in [6, 6.07) is 5.19. The Balaban J connectivity index is 1.50. The topological polar surface area (TPSA) is 72.7 Å². The molecule has 1 fully saturated rings. The zero-order chi connectivity index (χ0) is 18.6. The maximum absolute atomic E-state index is 12.7. The van der Waals surface area contributed by atoms with Crippen LogP contribution in [0.2, 0.25) is 0 Å². The second-order valence-electron chi connectivity index (χ2n) is 6.11. The molecule has 1 aliphatic carbocycles. The first-order valence-electron chi connectivity index (χ1n) is 8.27. The summed E-state index contributed by atoms with van der Waals surface area (Å²) in [5.41, 5.74) is -0.330. The van der Waals surface area contributed by atoms with Crippen LogP contribution in [0.5, 0.6) is 0 Å². The molecule has 0 radical (unpaired) electrons. The Hall–Kier alpha value is -2.10. The number of hydrogen-bond donors (Lipinski definition) is 1. The van der Waals surface area contributed by atoms with Crippen LogP contribution in [-0.4, -0.2) is 31.9 Å². The van der Waals surface area contributed by atoms with Gasteiger partial charge in [0.1, 0.15) is 0 Å². The Morgan fingerprint density at radius 2 is 2.08 bits per heavy atom. The van der Waals surface area contributed by atoms with Gasteiger partial charge in [-0.3, -0.25) is 4.79 Å². The van der Waals surface area contributed by atoms with Crippen LogP contribution < -0.4 is 5.32 Å². The molecule has 1 heterocycles. The van der Waals surface area contributed by atoms with Crippen molar-refractivity contribution >= 4 is 17.7 Å². The van der Waals surface area contributed by atoms with Gasteiger partial charge in [0.05, 0.1) is 17.4 Å². The molecular formula is C16H18F3N5OS. The van der Waals surface area contributed by atoms with Gasteiger partial charge in [-0.25, -0.2) is 4.68 Å². The van der Waals surface area contributed by atoms with Crippen molar-refractivity contribution in [2.24, 2.45) is 0 Å². The van der Waals surface area contributed by atoms with Crippen LogP contribution >= 0.6 is 11.8 Å². The van der Waals surface area contributed by atoms with E-state index in [0.717, 1.165) is 37.8 Å². The van der Waals surface area contributed by atoms with Gasteiger partial charge in [-0.2, -0.15) is 13.2 Å². The SMILES string of the molecule is O=C(CSc1nnnn1C1CCCC1)NCc1cccc(C(F)(F)F)c1. The van der Waals surface area contributed by atoms with Gasteiger partial charge in [-0.05, 0) is 41.0 Å². The minimum absolute atomic E-state index is 0.0386. The summed E-state index contributed by atoms with van der Waals surface area (Å²) in [5, 5.41) is 14.8. The van der Waals surface area contributed by atoms with Crippen molar-refractivity contribution in [2.45, 2.75) is 49.6 Å². The lowest BCUT2D eigenvalue weighted by molar-refractivity contribution is -0.137. The van der Waals surface area contributed by atoms with E-state index < -0.39 is 11.7 Å². The van der Waals surface area contributed by atoms with Crippen LogP contribution in [-0.2, 0) is 17.5 Å². The number of tetrazole rings is 1. The summed E-state index contributed by atoms with van der Waals surface area (Å²) in [4.78, 5) is 12.0. The lowest BCUT2D eigenvalue weighted by Crippen LogP contribution is -2.25. The highest BCUT2D eigenvalue weighted by molar-refractivity contribution is 7.99. The average molecular weight is 385 g/mol. The van der Waals surface area contributed by atoms with E-state index in [9.17, 15) is 18.0 Å². The van der Waals surface area contributed by atoms with Gasteiger partial charge in [0, 0.05) is 6.54 Å². The summed E-state index contributed by atoms with van der Waals surface area (Å²) >= 11 is 1.23. The average Bonchev–Trinajstić information content (AvgIpc) is 3.28. The van der Waals surface area contributed by atoms with Crippen LogP contribution in [0.15, 0.2) is 29.4 Å². The first-order chi connectivity index (χ1) is 12.4. The van der Waals surface area contributed by atoms with E-state index >= 15 is 0 Å². The smallest absolute Gasteiger partial charge is 0.351 e. The van der Waals surface area contributed by atoms with E-state index in [0.29, 0.717) is 10.7 Å². The Morgan fingerprint density at radius 1 is 1.31 bits per heavy atom. The molecule has 6 nitrogen and oxygen atoms in total. The number of nitrogens with one attached hydrogen (secondary N) is 1. The fraction of sp³-hybridized carbons (Fsp3) is 0.500. The summed E-state index contributed by atoms with van der Waals surface area (Å²) in [6.45, 7) is 0.0386. The third-order valence-electron chi connectivity index (χ3n) is 4.21. The number of hydrogen-bond acceptors (Lipinski definition) is 5. The molecule has 0 aliphatic heterocycles. The van der Waals surface area contributed by atoms with E-state index in [1.54, 1.807) is 10.7 Å². The number of nitrogens with zero attached hydrogens (tertiary/aromatic N) is 4. The third-order valence-corrected chi connectivity index (χ3v) is 5.14. The largest absolute Gasteiger partial charge is 0.416 e. The van der Waals surface area contributed by atoms with E-state index in [-0.39, 0.29) is 24.2 Å². The molecule has 26 heavy (non-hydrogen) atoms. The standard InChI is InChI=1S/C16H18F3N5OS/c17-16(18,19)12-5-3-4-11(8-12)9-20-14(25)10-26-15-21-22-23-24(15)13-6-1-2-7-13/h3-5,8,13H,1-2,6-7,9-10H2,(H,20,25).